The highest BCUT2D eigenvalue weighted by Crippen LogP contribution is 2.15. The summed E-state index contributed by atoms with van der Waals surface area (Å²) >= 11 is 5.26. The SMILES string of the molecule is C=CCn1c(=S)[nH]c2cc(C(=O)N3CCN(C(=O)OCC(C)C)CC3)ccc2c1=O. The number of hydrogen-bond acceptors (Lipinski definition) is 5. The first-order chi connectivity index (χ1) is 14.3. The van der Waals surface area contributed by atoms with E-state index in [-0.39, 0.29) is 28.2 Å². The van der Waals surface area contributed by atoms with Gasteiger partial charge in [0.2, 0.25) is 0 Å². The summed E-state index contributed by atoms with van der Waals surface area (Å²) in [5.74, 6) is 0.125. The molecule has 9 heteroatoms. The third-order valence-corrected chi connectivity index (χ3v) is 5.23. The molecule has 0 spiro atoms. The van der Waals surface area contributed by atoms with E-state index in [0.717, 1.165) is 0 Å². The Labute approximate surface area is 179 Å². The number of hydrogen-bond donors (Lipinski definition) is 1. The number of fused-ring (bicyclic) bond motifs is 1. The van der Waals surface area contributed by atoms with E-state index in [2.05, 4.69) is 11.6 Å². The van der Waals surface area contributed by atoms with Crippen LogP contribution in [0.1, 0.15) is 24.2 Å². The molecule has 2 amide bonds. The Kier molecular flexibility index (Phi) is 6.71. The van der Waals surface area contributed by atoms with Crippen molar-refractivity contribution in [2.45, 2.75) is 20.4 Å². The average Bonchev–Trinajstić information content (AvgIpc) is 2.74. The van der Waals surface area contributed by atoms with Gasteiger partial charge in [0.25, 0.3) is 11.5 Å². The van der Waals surface area contributed by atoms with E-state index in [4.69, 9.17) is 17.0 Å². The quantitative estimate of drug-likeness (QED) is 0.582. The first-order valence-corrected chi connectivity index (χ1v) is 10.3. The lowest BCUT2D eigenvalue weighted by Crippen LogP contribution is -2.50. The topological polar surface area (TPSA) is 87.6 Å². The average molecular weight is 431 g/mol. The molecule has 1 aromatic heterocycles. The number of amides is 2. The van der Waals surface area contributed by atoms with Crippen molar-refractivity contribution in [2.24, 2.45) is 5.92 Å². The van der Waals surface area contributed by atoms with Gasteiger partial charge in [-0.3, -0.25) is 14.2 Å². The van der Waals surface area contributed by atoms with Crippen LogP contribution in [0, 0.1) is 10.7 Å². The maximum absolute atomic E-state index is 12.9. The van der Waals surface area contributed by atoms with Gasteiger partial charge in [0.15, 0.2) is 4.77 Å². The predicted molar refractivity (Wildman–Crippen MR) is 117 cm³/mol. The third kappa shape index (κ3) is 4.62. The Bertz CT molecular complexity index is 1080. The molecule has 1 N–H and O–H groups in total. The molecule has 1 aromatic carbocycles. The molecule has 160 valence electrons. The molecular formula is C21H26N4O4S. The van der Waals surface area contributed by atoms with Gasteiger partial charge in [-0.2, -0.15) is 0 Å². The van der Waals surface area contributed by atoms with Crippen LogP contribution in [0.15, 0.2) is 35.6 Å². The van der Waals surface area contributed by atoms with Crippen LogP contribution in [0.5, 0.6) is 0 Å². The number of carbonyl (C=O) groups is 2. The zero-order valence-corrected chi connectivity index (χ0v) is 18.0. The monoisotopic (exact) mass is 430 g/mol. The fraction of sp³-hybridized carbons (Fsp3) is 0.429. The Morgan fingerprint density at radius 1 is 1.23 bits per heavy atom. The zero-order chi connectivity index (χ0) is 21.8. The van der Waals surface area contributed by atoms with Gasteiger partial charge in [-0.1, -0.05) is 19.9 Å². The Balaban J connectivity index is 1.72. The summed E-state index contributed by atoms with van der Waals surface area (Å²) < 4.78 is 6.96. The van der Waals surface area contributed by atoms with Gasteiger partial charge in [0, 0.05) is 38.3 Å². The van der Waals surface area contributed by atoms with Gasteiger partial charge in [-0.25, -0.2) is 4.79 Å². The van der Waals surface area contributed by atoms with E-state index in [0.29, 0.717) is 55.8 Å². The van der Waals surface area contributed by atoms with Crippen LogP contribution in [0.3, 0.4) is 0 Å². The van der Waals surface area contributed by atoms with Crippen molar-refractivity contribution in [1.82, 2.24) is 19.4 Å². The predicted octanol–water partition coefficient (Wildman–Crippen LogP) is 2.80. The fourth-order valence-electron chi connectivity index (χ4n) is 3.29. The summed E-state index contributed by atoms with van der Waals surface area (Å²) in [5, 5.41) is 0.458. The molecule has 0 saturated carbocycles. The number of ether oxygens (including phenoxy) is 1. The molecule has 1 fully saturated rings. The molecule has 8 nitrogen and oxygen atoms in total. The number of nitrogens with one attached hydrogen (secondary N) is 1. The number of rotatable bonds is 5. The number of carbonyl (C=O) groups excluding carboxylic acids is 2. The molecule has 0 aliphatic carbocycles. The standard InChI is InChI=1S/C21H26N4O4S/c1-4-7-25-19(27)16-6-5-15(12-17(16)22-20(25)30)18(26)23-8-10-24(11-9-23)21(28)29-13-14(2)3/h4-6,12,14H,1,7-11,13H2,2-3H3,(H,22,30). The van der Waals surface area contributed by atoms with Crippen molar-refractivity contribution in [2.75, 3.05) is 32.8 Å². The minimum Gasteiger partial charge on any atom is -0.449 e. The van der Waals surface area contributed by atoms with Crippen LogP contribution in [0.4, 0.5) is 4.79 Å². The van der Waals surface area contributed by atoms with Crippen molar-refractivity contribution in [3.63, 3.8) is 0 Å². The van der Waals surface area contributed by atoms with E-state index >= 15 is 0 Å². The molecule has 0 radical (unpaired) electrons. The third-order valence-electron chi connectivity index (χ3n) is 4.91. The molecule has 2 aromatic rings. The number of aromatic nitrogens is 2. The van der Waals surface area contributed by atoms with Crippen molar-refractivity contribution in [3.05, 3.63) is 51.5 Å². The number of benzene rings is 1. The molecule has 1 aliphatic heterocycles. The largest absolute Gasteiger partial charge is 0.449 e. The van der Waals surface area contributed by atoms with Gasteiger partial charge >= 0.3 is 6.09 Å². The minimum atomic E-state index is -0.343. The lowest BCUT2D eigenvalue weighted by molar-refractivity contribution is 0.0535. The highest BCUT2D eigenvalue weighted by Gasteiger charge is 2.26. The van der Waals surface area contributed by atoms with Gasteiger partial charge in [-0.15, -0.1) is 6.58 Å². The smallest absolute Gasteiger partial charge is 0.409 e. The minimum absolute atomic E-state index is 0.151. The van der Waals surface area contributed by atoms with E-state index in [1.54, 1.807) is 34.1 Å². The van der Waals surface area contributed by atoms with Crippen LogP contribution in [-0.2, 0) is 11.3 Å². The van der Waals surface area contributed by atoms with Crippen LogP contribution in [0.2, 0.25) is 0 Å². The van der Waals surface area contributed by atoms with E-state index < -0.39 is 0 Å². The van der Waals surface area contributed by atoms with Gasteiger partial charge < -0.3 is 19.5 Å². The molecule has 1 aliphatic rings. The summed E-state index contributed by atoms with van der Waals surface area (Å²) in [6.45, 7) is 9.98. The van der Waals surface area contributed by atoms with Gasteiger partial charge in [0.1, 0.15) is 0 Å². The summed E-state index contributed by atoms with van der Waals surface area (Å²) in [6, 6.07) is 4.93. The number of allylic oxidation sites excluding steroid dienone is 1. The Morgan fingerprint density at radius 3 is 2.53 bits per heavy atom. The van der Waals surface area contributed by atoms with Crippen molar-refractivity contribution in [3.8, 4) is 0 Å². The maximum atomic E-state index is 12.9. The molecule has 3 rings (SSSR count). The molecule has 1 saturated heterocycles. The normalized spacial score (nSPS) is 14.2. The number of nitrogens with zero attached hydrogens (tertiary/aromatic N) is 3. The highest BCUT2D eigenvalue weighted by molar-refractivity contribution is 7.71. The first kappa shape index (κ1) is 21.8. The first-order valence-electron chi connectivity index (χ1n) is 9.90. The molecule has 0 unspecified atom stereocenters. The van der Waals surface area contributed by atoms with Gasteiger partial charge in [0.05, 0.1) is 17.5 Å². The molecule has 30 heavy (non-hydrogen) atoms. The maximum Gasteiger partial charge on any atom is 0.409 e. The number of H-pyrrole nitrogens is 1. The summed E-state index contributed by atoms with van der Waals surface area (Å²) in [5.41, 5.74) is 0.762. The number of aromatic amines is 1. The summed E-state index contributed by atoms with van der Waals surface area (Å²) in [4.78, 5) is 43.9. The van der Waals surface area contributed by atoms with Crippen LogP contribution in [0.25, 0.3) is 10.9 Å². The summed E-state index contributed by atoms with van der Waals surface area (Å²) in [7, 11) is 0. The zero-order valence-electron chi connectivity index (χ0n) is 17.2. The fourth-order valence-corrected chi connectivity index (χ4v) is 3.55. The second kappa shape index (κ2) is 9.25. The molecular weight excluding hydrogens is 404 g/mol. The molecule has 0 atom stereocenters. The Hall–Kier alpha value is -2.94. The van der Waals surface area contributed by atoms with Crippen molar-refractivity contribution >= 4 is 35.1 Å². The number of piperazine rings is 1. The lowest BCUT2D eigenvalue weighted by atomic mass is 10.1. The van der Waals surface area contributed by atoms with Crippen LogP contribution in [-0.4, -0.2) is 64.1 Å². The summed E-state index contributed by atoms with van der Waals surface area (Å²) in [6.07, 6.45) is 1.26. The lowest BCUT2D eigenvalue weighted by Gasteiger charge is -2.34. The second-order valence-electron chi connectivity index (χ2n) is 7.64. The van der Waals surface area contributed by atoms with Crippen LogP contribution >= 0.6 is 12.2 Å². The van der Waals surface area contributed by atoms with Crippen LogP contribution < -0.4 is 5.56 Å². The second-order valence-corrected chi connectivity index (χ2v) is 8.03. The van der Waals surface area contributed by atoms with Gasteiger partial charge in [-0.05, 0) is 36.3 Å². The van der Waals surface area contributed by atoms with E-state index in [1.165, 1.54) is 4.57 Å². The van der Waals surface area contributed by atoms with E-state index in [9.17, 15) is 14.4 Å². The Morgan fingerprint density at radius 2 is 1.90 bits per heavy atom. The highest BCUT2D eigenvalue weighted by atomic mass is 32.1. The molecule has 2 heterocycles. The van der Waals surface area contributed by atoms with Crippen molar-refractivity contribution in [1.29, 1.82) is 0 Å². The van der Waals surface area contributed by atoms with E-state index in [1.807, 2.05) is 13.8 Å². The van der Waals surface area contributed by atoms with Crippen molar-refractivity contribution < 1.29 is 14.3 Å². The molecule has 0 bridgehead atoms.